The van der Waals surface area contributed by atoms with E-state index in [-0.39, 0.29) is 5.78 Å². The van der Waals surface area contributed by atoms with E-state index in [9.17, 15) is 4.79 Å². The second-order valence-electron chi connectivity index (χ2n) is 3.29. The van der Waals surface area contributed by atoms with E-state index in [1.54, 1.807) is 6.08 Å². The van der Waals surface area contributed by atoms with Gasteiger partial charge in [0.2, 0.25) is 0 Å². The van der Waals surface area contributed by atoms with Crippen LogP contribution in [0, 0.1) is 0 Å². The van der Waals surface area contributed by atoms with Crippen molar-refractivity contribution in [2.24, 2.45) is 0 Å². The summed E-state index contributed by atoms with van der Waals surface area (Å²) in [5.74, 6) is 0.157. The number of nitrogen functional groups attached to an aromatic ring is 1. The third-order valence-electron chi connectivity index (χ3n) is 2.22. The van der Waals surface area contributed by atoms with Crippen LogP contribution in [0.2, 0.25) is 0 Å². The molecule has 0 bridgehead atoms. The standard InChI is InChI=1S/C12H11NO/c13-11-5-1-9(2-6-11)10-3-7-12(14)8-4-10/h1-7H,8,13H2. The summed E-state index contributed by atoms with van der Waals surface area (Å²) >= 11 is 0. The average Bonchev–Trinajstić information content (AvgIpc) is 2.21. The normalized spacial score (nSPS) is 15.4. The Kier molecular flexibility index (Phi) is 2.19. The van der Waals surface area contributed by atoms with Gasteiger partial charge in [0.1, 0.15) is 0 Å². The van der Waals surface area contributed by atoms with Crippen molar-refractivity contribution in [2.75, 3.05) is 5.73 Å². The van der Waals surface area contributed by atoms with Gasteiger partial charge in [-0.25, -0.2) is 0 Å². The number of ketones is 1. The van der Waals surface area contributed by atoms with E-state index >= 15 is 0 Å². The lowest BCUT2D eigenvalue weighted by Crippen LogP contribution is -1.96. The number of hydrogen-bond donors (Lipinski definition) is 1. The Hall–Kier alpha value is -1.83. The van der Waals surface area contributed by atoms with E-state index in [0.717, 1.165) is 16.8 Å². The number of carbonyl (C=O) groups is 1. The maximum atomic E-state index is 10.9. The lowest BCUT2D eigenvalue weighted by Gasteiger charge is -2.06. The molecule has 1 aromatic carbocycles. The third-order valence-corrected chi connectivity index (χ3v) is 2.22. The second kappa shape index (κ2) is 3.50. The van der Waals surface area contributed by atoms with Gasteiger partial charge in [-0.3, -0.25) is 4.79 Å². The van der Waals surface area contributed by atoms with Gasteiger partial charge in [-0.15, -0.1) is 0 Å². The molecule has 0 radical (unpaired) electrons. The van der Waals surface area contributed by atoms with E-state index in [1.165, 1.54) is 0 Å². The summed E-state index contributed by atoms with van der Waals surface area (Å²) < 4.78 is 0. The number of nitrogens with two attached hydrogens (primary N) is 1. The van der Waals surface area contributed by atoms with Crippen molar-refractivity contribution < 1.29 is 4.79 Å². The lowest BCUT2D eigenvalue weighted by molar-refractivity contribution is -0.113. The van der Waals surface area contributed by atoms with Crippen molar-refractivity contribution in [3.05, 3.63) is 48.1 Å². The number of benzene rings is 1. The molecule has 0 spiro atoms. The molecule has 0 atom stereocenters. The first kappa shape index (κ1) is 8.75. The first-order chi connectivity index (χ1) is 6.75. The number of hydrogen-bond acceptors (Lipinski definition) is 2. The molecule has 70 valence electrons. The maximum absolute atomic E-state index is 10.9. The van der Waals surface area contributed by atoms with E-state index < -0.39 is 0 Å². The Bertz CT molecular complexity index is 412. The Morgan fingerprint density at radius 2 is 1.79 bits per heavy atom. The van der Waals surface area contributed by atoms with Gasteiger partial charge in [-0.2, -0.15) is 0 Å². The van der Waals surface area contributed by atoms with Gasteiger partial charge >= 0.3 is 0 Å². The van der Waals surface area contributed by atoms with Crippen molar-refractivity contribution in [1.29, 1.82) is 0 Å². The van der Waals surface area contributed by atoms with E-state index in [2.05, 4.69) is 0 Å². The lowest BCUT2D eigenvalue weighted by atomic mass is 9.99. The molecule has 2 N–H and O–H groups in total. The molecule has 0 amide bonds. The Balaban J connectivity index is 2.29. The fourth-order valence-electron chi connectivity index (χ4n) is 1.42. The van der Waals surface area contributed by atoms with Crippen LogP contribution in [0.1, 0.15) is 12.0 Å². The number of carbonyl (C=O) groups excluding carboxylic acids is 1. The number of allylic oxidation sites excluding steroid dienone is 4. The molecule has 2 rings (SSSR count). The van der Waals surface area contributed by atoms with E-state index in [1.807, 2.05) is 36.4 Å². The molecular formula is C12H11NO. The molecule has 0 fully saturated rings. The van der Waals surface area contributed by atoms with Gasteiger partial charge in [-0.05, 0) is 29.3 Å². The maximum Gasteiger partial charge on any atom is 0.159 e. The molecule has 0 saturated heterocycles. The van der Waals surface area contributed by atoms with Crippen LogP contribution in [0.4, 0.5) is 5.69 Å². The molecule has 0 aromatic heterocycles. The monoisotopic (exact) mass is 185 g/mol. The minimum atomic E-state index is 0.157. The van der Waals surface area contributed by atoms with Crippen LogP contribution in [-0.4, -0.2) is 5.78 Å². The van der Waals surface area contributed by atoms with Gasteiger partial charge in [0.15, 0.2) is 5.78 Å². The van der Waals surface area contributed by atoms with Gasteiger partial charge < -0.3 is 5.73 Å². The fraction of sp³-hybridized carbons (Fsp3) is 0.0833. The number of rotatable bonds is 1. The van der Waals surface area contributed by atoms with Crippen molar-refractivity contribution in [3.8, 4) is 0 Å². The van der Waals surface area contributed by atoms with Crippen LogP contribution in [0.25, 0.3) is 5.57 Å². The minimum Gasteiger partial charge on any atom is -0.399 e. The number of anilines is 1. The van der Waals surface area contributed by atoms with Crippen LogP contribution >= 0.6 is 0 Å². The molecular weight excluding hydrogens is 174 g/mol. The zero-order valence-electron chi connectivity index (χ0n) is 7.73. The summed E-state index contributed by atoms with van der Waals surface area (Å²) in [7, 11) is 0. The zero-order valence-corrected chi connectivity index (χ0v) is 7.73. The van der Waals surface area contributed by atoms with Gasteiger partial charge in [0.05, 0.1) is 0 Å². The summed E-state index contributed by atoms with van der Waals surface area (Å²) in [5, 5.41) is 0. The summed E-state index contributed by atoms with van der Waals surface area (Å²) in [4.78, 5) is 10.9. The molecule has 2 heteroatoms. The summed E-state index contributed by atoms with van der Waals surface area (Å²) in [6.45, 7) is 0. The highest BCUT2D eigenvalue weighted by molar-refractivity contribution is 5.97. The fourth-order valence-corrected chi connectivity index (χ4v) is 1.42. The topological polar surface area (TPSA) is 43.1 Å². The van der Waals surface area contributed by atoms with Gasteiger partial charge in [0.25, 0.3) is 0 Å². The molecule has 0 heterocycles. The summed E-state index contributed by atoms with van der Waals surface area (Å²) in [5.41, 5.74) is 8.53. The quantitative estimate of drug-likeness (QED) is 0.681. The predicted molar refractivity (Wildman–Crippen MR) is 57.6 cm³/mol. The first-order valence-corrected chi connectivity index (χ1v) is 4.53. The Labute approximate surface area is 82.7 Å². The smallest absolute Gasteiger partial charge is 0.159 e. The van der Waals surface area contributed by atoms with Crippen molar-refractivity contribution in [3.63, 3.8) is 0 Å². The van der Waals surface area contributed by atoms with Crippen LogP contribution in [-0.2, 0) is 4.79 Å². The molecule has 1 aliphatic rings. The SMILES string of the molecule is Nc1ccc(C2=CCC(=O)C=C2)cc1. The highest BCUT2D eigenvalue weighted by Crippen LogP contribution is 2.20. The zero-order chi connectivity index (χ0) is 9.97. The minimum absolute atomic E-state index is 0.157. The molecule has 14 heavy (non-hydrogen) atoms. The van der Waals surface area contributed by atoms with Crippen LogP contribution < -0.4 is 5.73 Å². The van der Waals surface area contributed by atoms with Gasteiger partial charge in [0, 0.05) is 12.1 Å². The van der Waals surface area contributed by atoms with Crippen molar-refractivity contribution in [2.45, 2.75) is 6.42 Å². The first-order valence-electron chi connectivity index (χ1n) is 4.53. The van der Waals surface area contributed by atoms with E-state index in [4.69, 9.17) is 5.73 Å². The second-order valence-corrected chi connectivity index (χ2v) is 3.29. The average molecular weight is 185 g/mol. The largest absolute Gasteiger partial charge is 0.399 e. The summed E-state index contributed by atoms with van der Waals surface area (Å²) in [6, 6.07) is 7.64. The highest BCUT2D eigenvalue weighted by atomic mass is 16.1. The van der Waals surface area contributed by atoms with E-state index in [0.29, 0.717) is 6.42 Å². The van der Waals surface area contributed by atoms with Crippen LogP contribution in [0.15, 0.2) is 42.5 Å². The molecule has 0 aliphatic heterocycles. The molecule has 1 aliphatic carbocycles. The predicted octanol–water partition coefficient (Wildman–Crippen LogP) is 2.18. The van der Waals surface area contributed by atoms with Crippen LogP contribution in [0.3, 0.4) is 0 Å². The third kappa shape index (κ3) is 1.74. The van der Waals surface area contributed by atoms with Crippen LogP contribution in [0.5, 0.6) is 0 Å². The Morgan fingerprint density at radius 3 is 2.36 bits per heavy atom. The summed E-state index contributed by atoms with van der Waals surface area (Å²) in [6.07, 6.45) is 5.90. The molecule has 0 unspecified atom stereocenters. The highest BCUT2D eigenvalue weighted by Gasteiger charge is 2.04. The Morgan fingerprint density at radius 1 is 1.07 bits per heavy atom. The molecule has 1 aromatic rings. The van der Waals surface area contributed by atoms with Gasteiger partial charge in [-0.1, -0.05) is 24.3 Å². The van der Waals surface area contributed by atoms with Crippen molar-refractivity contribution >= 4 is 17.0 Å². The van der Waals surface area contributed by atoms with Crippen molar-refractivity contribution in [1.82, 2.24) is 0 Å². The molecule has 2 nitrogen and oxygen atoms in total. The molecule has 0 saturated carbocycles.